The van der Waals surface area contributed by atoms with Crippen LogP contribution in [0.5, 0.6) is 11.5 Å². The molecular formula is C9H10O3S. The molecule has 0 saturated heterocycles. The molecule has 0 heterocycles. The first kappa shape index (κ1) is 9.92. The van der Waals surface area contributed by atoms with E-state index in [9.17, 15) is 9.90 Å². The predicted octanol–water partition coefficient (Wildman–Crippen LogP) is 1.78. The molecule has 3 nitrogen and oxygen atoms in total. The molecule has 0 fully saturated rings. The predicted molar refractivity (Wildman–Crippen MR) is 52.7 cm³/mol. The second-order valence-electron chi connectivity index (χ2n) is 2.65. The number of carbonyl (C=O) groups is 1. The Morgan fingerprint density at radius 2 is 2.15 bits per heavy atom. The molecule has 4 heteroatoms. The van der Waals surface area contributed by atoms with Gasteiger partial charge in [-0.1, -0.05) is 0 Å². The van der Waals surface area contributed by atoms with Crippen molar-refractivity contribution in [2.75, 3.05) is 7.11 Å². The Labute approximate surface area is 81.8 Å². The van der Waals surface area contributed by atoms with Crippen molar-refractivity contribution in [3.63, 3.8) is 0 Å². The van der Waals surface area contributed by atoms with Gasteiger partial charge in [0.15, 0.2) is 0 Å². The summed E-state index contributed by atoms with van der Waals surface area (Å²) < 4.78 is 4.94. The van der Waals surface area contributed by atoms with Crippen LogP contribution < -0.4 is 4.74 Å². The molecule has 0 atom stereocenters. The summed E-state index contributed by atoms with van der Waals surface area (Å²) in [7, 11) is 1.50. The van der Waals surface area contributed by atoms with Crippen molar-refractivity contribution >= 4 is 17.7 Å². The Balaban J connectivity index is 3.33. The second-order valence-corrected chi connectivity index (χ2v) is 3.05. The highest BCUT2D eigenvalue weighted by molar-refractivity contribution is 7.97. The first-order valence-electron chi connectivity index (χ1n) is 3.67. The standard InChI is InChI=1S/C9H10O3S/c1-5-3-6(12-2)4-7(8(5)10)9(11)13/h3-4,10H,1-2H3,(H,11,13). The van der Waals surface area contributed by atoms with E-state index >= 15 is 0 Å². The first-order valence-corrected chi connectivity index (χ1v) is 4.12. The lowest BCUT2D eigenvalue weighted by Crippen LogP contribution is -1.94. The highest BCUT2D eigenvalue weighted by Gasteiger charge is 2.11. The van der Waals surface area contributed by atoms with Gasteiger partial charge in [0.25, 0.3) is 0 Å². The number of benzene rings is 1. The lowest BCUT2D eigenvalue weighted by Gasteiger charge is -2.06. The zero-order valence-corrected chi connectivity index (χ0v) is 8.26. The number of phenolic OH excluding ortho intramolecular Hbond substituents is 1. The van der Waals surface area contributed by atoms with Crippen molar-refractivity contribution in [2.45, 2.75) is 6.92 Å². The fourth-order valence-electron chi connectivity index (χ4n) is 1.03. The van der Waals surface area contributed by atoms with E-state index in [0.717, 1.165) is 0 Å². The van der Waals surface area contributed by atoms with E-state index in [1.807, 2.05) is 0 Å². The maximum Gasteiger partial charge on any atom is 0.220 e. The van der Waals surface area contributed by atoms with Crippen molar-refractivity contribution in [1.29, 1.82) is 0 Å². The molecule has 0 aliphatic carbocycles. The molecule has 0 saturated carbocycles. The van der Waals surface area contributed by atoms with Crippen LogP contribution in [0.1, 0.15) is 15.9 Å². The van der Waals surface area contributed by atoms with Crippen molar-refractivity contribution < 1.29 is 14.6 Å². The van der Waals surface area contributed by atoms with Crippen molar-refractivity contribution in [3.05, 3.63) is 23.3 Å². The second kappa shape index (κ2) is 3.70. The normalized spacial score (nSPS) is 9.77. The summed E-state index contributed by atoms with van der Waals surface area (Å²) >= 11 is 3.64. The van der Waals surface area contributed by atoms with Crippen molar-refractivity contribution in [1.82, 2.24) is 0 Å². The van der Waals surface area contributed by atoms with Crippen molar-refractivity contribution in [2.24, 2.45) is 0 Å². The Morgan fingerprint density at radius 1 is 1.54 bits per heavy atom. The molecule has 0 radical (unpaired) electrons. The van der Waals surface area contributed by atoms with Gasteiger partial charge in [0.2, 0.25) is 5.12 Å². The van der Waals surface area contributed by atoms with Gasteiger partial charge in [-0.25, -0.2) is 0 Å². The van der Waals surface area contributed by atoms with E-state index in [1.165, 1.54) is 13.2 Å². The lowest BCUT2D eigenvalue weighted by atomic mass is 10.1. The Bertz CT molecular complexity index is 347. The summed E-state index contributed by atoms with van der Waals surface area (Å²) in [6.45, 7) is 1.69. The quantitative estimate of drug-likeness (QED) is 0.712. The Morgan fingerprint density at radius 3 is 2.62 bits per heavy atom. The third-order valence-electron chi connectivity index (χ3n) is 1.74. The van der Waals surface area contributed by atoms with Crippen LogP contribution >= 0.6 is 12.6 Å². The number of aromatic hydroxyl groups is 1. The minimum atomic E-state index is -0.473. The maximum absolute atomic E-state index is 10.9. The molecule has 70 valence electrons. The largest absolute Gasteiger partial charge is 0.507 e. The molecule has 0 aliphatic rings. The number of hydrogen-bond acceptors (Lipinski definition) is 3. The molecule has 1 aromatic carbocycles. The number of hydrogen-bond donors (Lipinski definition) is 2. The maximum atomic E-state index is 10.9. The molecule has 0 amide bonds. The summed E-state index contributed by atoms with van der Waals surface area (Å²) in [6, 6.07) is 3.10. The number of rotatable bonds is 2. The molecule has 1 aromatic rings. The lowest BCUT2D eigenvalue weighted by molar-refractivity contribution is 0.108. The van der Waals surface area contributed by atoms with Crippen LogP contribution in [-0.2, 0) is 0 Å². The molecular weight excluding hydrogens is 188 g/mol. The highest BCUT2D eigenvalue weighted by Crippen LogP contribution is 2.28. The zero-order valence-electron chi connectivity index (χ0n) is 7.37. The number of thiol groups is 1. The number of aryl methyl sites for hydroxylation is 1. The van der Waals surface area contributed by atoms with E-state index in [2.05, 4.69) is 12.6 Å². The molecule has 0 spiro atoms. The van der Waals surface area contributed by atoms with E-state index in [1.54, 1.807) is 13.0 Å². The van der Waals surface area contributed by atoms with Gasteiger partial charge in [-0.15, -0.1) is 12.6 Å². The van der Waals surface area contributed by atoms with Crippen LogP contribution in [0, 0.1) is 6.92 Å². The molecule has 0 bridgehead atoms. The molecule has 13 heavy (non-hydrogen) atoms. The van der Waals surface area contributed by atoms with Gasteiger partial charge in [-0.3, -0.25) is 4.79 Å². The minimum absolute atomic E-state index is 0.0409. The summed E-state index contributed by atoms with van der Waals surface area (Å²) in [6.07, 6.45) is 0. The van der Waals surface area contributed by atoms with Gasteiger partial charge in [-0.05, 0) is 24.6 Å². The monoisotopic (exact) mass is 198 g/mol. The fourth-order valence-corrected chi connectivity index (χ4v) is 1.20. The van der Waals surface area contributed by atoms with Gasteiger partial charge in [-0.2, -0.15) is 0 Å². The van der Waals surface area contributed by atoms with Gasteiger partial charge in [0.05, 0.1) is 12.7 Å². The third kappa shape index (κ3) is 1.95. The molecule has 1 N–H and O–H groups in total. The topological polar surface area (TPSA) is 46.5 Å². The molecule has 0 aliphatic heterocycles. The number of methoxy groups -OCH3 is 1. The van der Waals surface area contributed by atoms with Crippen LogP contribution in [0.2, 0.25) is 0 Å². The third-order valence-corrected chi connectivity index (χ3v) is 1.98. The molecule has 0 unspecified atom stereocenters. The van der Waals surface area contributed by atoms with Crippen LogP contribution in [0.15, 0.2) is 12.1 Å². The average Bonchev–Trinajstić information content (AvgIpc) is 2.09. The number of carbonyl (C=O) groups excluding carboxylic acids is 1. The average molecular weight is 198 g/mol. The van der Waals surface area contributed by atoms with Gasteiger partial charge < -0.3 is 9.84 Å². The van der Waals surface area contributed by atoms with Crippen LogP contribution in [0.4, 0.5) is 0 Å². The van der Waals surface area contributed by atoms with Crippen LogP contribution in [0.25, 0.3) is 0 Å². The summed E-state index contributed by atoms with van der Waals surface area (Å²) in [5.74, 6) is 0.494. The Kier molecular flexibility index (Phi) is 2.83. The van der Waals surface area contributed by atoms with E-state index in [4.69, 9.17) is 4.74 Å². The smallest absolute Gasteiger partial charge is 0.220 e. The summed E-state index contributed by atoms with van der Waals surface area (Å²) in [5.41, 5.74) is 0.761. The highest BCUT2D eigenvalue weighted by atomic mass is 32.1. The van der Waals surface area contributed by atoms with Crippen molar-refractivity contribution in [3.8, 4) is 11.5 Å². The minimum Gasteiger partial charge on any atom is -0.507 e. The van der Waals surface area contributed by atoms with E-state index in [-0.39, 0.29) is 11.3 Å². The number of phenols is 1. The van der Waals surface area contributed by atoms with E-state index < -0.39 is 5.12 Å². The SMILES string of the molecule is COc1cc(C)c(O)c(C(=O)S)c1. The molecule has 1 rings (SSSR count). The summed E-state index contributed by atoms with van der Waals surface area (Å²) in [5, 5.41) is 8.99. The Hall–Kier alpha value is -1.16. The fraction of sp³-hybridized carbons (Fsp3) is 0.222. The van der Waals surface area contributed by atoms with Crippen LogP contribution in [-0.4, -0.2) is 17.3 Å². The summed E-state index contributed by atoms with van der Waals surface area (Å²) in [4.78, 5) is 10.9. The van der Waals surface area contributed by atoms with Gasteiger partial charge >= 0.3 is 0 Å². The van der Waals surface area contributed by atoms with Gasteiger partial charge in [0.1, 0.15) is 11.5 Å². The van der Waals surface area contributed by atoms with Gasteiger partial charge in [0, 0.05) is 0 Å². The first-order chi connectivity index (χ1) is 6.06. The van der Waals surface area contributed by atoms with Crippen LogP contribution in [0.3, 0.4) is 0 Å². The molecule has 0 aromatic heterocycles. The zero-order chi connectivity index (χ0) is 10.0. The van der Waals surface area contributed by atoms with E-state index in [0.29, 0.717) is 11.3 Å². The number of ether oxygens (including phenoxy) is 1.